The van der Waals surface area contributed by atoms with Crippen molar-refractivity contribution in [2.45, 2.75) is 57.4 Å². The number of aromatic nitrogens is 3. The number of nitrogens with zero attached hydrogens (tertiary/aromatic N) is 3. The van der Waals surface area contributed by atoms with Crippen LogP contribution in [-0.2, 0) is 9.47 Å². The molecular formula is C23H27F3N6O2S. The van der Waals surface area contributed by atoms with Crippen molar-refractivity contribution >= 4 is 33.3 Å². The van der Waals surface area contributed by atoms with Gasteiger partial charge in [-0.15, -0.1) is 11.3 Å². The minimum Gasteiger partial charge on any atom is -0.364 e. The summed E-state index contributed by atoms with van der Waals surface area (Å²) in [7, 11) is 0. The molecule has 2 fully saturated rings. The molecule has 1 saturated heterocycles. The van der Waals surface area contributed by atoms with Gasteiger partial charge in [-0.3, -0.25) is 0 Å². The van der Waals surface area contributed by atoms with Gasteiger partial charge in [0.05, 0.1) is 33.6 Å². The lowest BCUT2D eigenvalue weighted by molar-refractivity contribution is -0.156. The third-order valence-corrected chi connectivity index (χ3v) is 7.30. The van der Waals surface area contributed by atoms with Crippen LogP contribution in [0, 0.1) is 12.8 Å². The van der Waals surface area contributed by atoms with Gasteiger partial charge in [0.1, 0.15) is 23.5 Å². The lowest BCUT2D eigenvalue weighted by Crippen LogP contribution is -2.35. The van der Waals surface area contributed by atoms with Crippen LogP contribution in [0.5, 0.6) is 0 Å². The molecule has 1 aliphatic carbocycles. The summed E-state index contributed by atoms with van der Waals surface area (Å²) in [5, 5.41) is 6.42. The maximum absolute atomic E-state index is 12.8. The van der Waals surface area contributed by atoms with E-state index in [-0.39, 0.29) is 30.1 Å². The highest BCUT2D eigenvalue weighted by atomic mass is 32.1. The summed E-state index contributed by atoms with van der Waals surface area (Å²) in [5.74, 6) is -0.382. The summed E-state index contributed by atoms with van der Waals surface area (Å²) in [5.41, 5.74) is 8.00. The number of hydrogen-bond acceptors (Lipinski definition) is 9. The number of benzene rings is 1. The summed E-state index contributed by atoms with van der Waals surface area (Å²) in [6.07, 6.45) is -4.17. The van der Waals surface area contributed by atoms with Crippen molar-refractivity contribution in [2.75, 3.05) is 23.7 Å². The summed E-state index contributed by atoms with van der Waals surface area (Å²) in [6.45, 7) is 4.66. The zero-order valence-corrected chi connectivity index (χ0v) is 20.3. The first-order valence-corrected chi connectivity index (χ1v) is 12.2. The fraction of sp³-hybridized carbons (Fsp3) is 0.522. The number of anilines is 2. The molecule has 2 aliphatic rings. The Morgan fingerprint density at radius 3 is 2.60 bits per heavy atom. The van der Waals surface area contributed by atoms with E-state index >= 15 is 0 Å². The third-order valence-electron chi connectivity index (χ3n) is 6.25. The van der Waals surface area contributed by atoms with E-state index in [0.29, 0.717) is 35.0 Å². The van der Waals surface area contributed by atoms with Gasteiger partial charge in [0.25, 0.3) is 0 Å². The Morgan fingerprint density at radius 1 is 1.14 bits per heavy atom. The molecule has 0 bridgehead atoms. The molecule has 4 atom stereocenters. The van der Waals surface area contributed by atoms with E-state index in [4.69, 9.17) is 20.2 Å². The smallest absolute Gasteiger partial charge is 0.364 e. The number of thiazole rings is 1. The molecule has 1 aliphatic heterocycles. The second kappa shape index (κ2) is 8.84. The zero-order chi connectivity index (χ0) is 25.0. The molecule has 5 rings (SSSR count). The van der Waals surface area contributed by atoms with Gasteiger partial charge >= 0.3 is 6.18 Å². The average molecular weight is 509 g/mol. The number of aryl methyl sites for hydroxylation is 1. The fourth-order valence-corrected chi connectivity index (χ4v) is 5.87. The lowest BCUT2D eigenvalue weighted by atomic mass is 10.1. The highest BCUT2D eigenvalue weighted by molar-refractivity contribution is 7.21. The number of hydrogen-bond donors (Lipinski definition) is 3. The van der Waals surface area contributed by atoms with E-state index in [9.17, 15) is 13.2 Å². The number of nitrogens with one attached hydrogen (secondary N) is 2. The van der Waals surface area contributed by atoms with E-state index in [1.165, 1.54) is 11.3 Å². The standard InChI is InChI=1S/C23H27F3N6O2S/c1-11-16(20-31-13-6-4-5-7-15(13)35-20)19(32-21(29-11)28-10-23(24,25)26)30-14-8-12(9-27)17-18(14)34-22(2,3)33-17/h4-7,12,14,17-18H,8-10,27H2,1-3H3,(H2,28,29,30,32)/t12-,14-,17-,18+/m1/s1. The molecule has 0 radical (unpaired) electrons. The van der Waals surface area contributed by atoms with Crippen LogP contribution >= 0.6 is 11.3 Å². The van der Waals surface area contributed by atoms with E-state index in [1.54, 1.807) is 6.92 Å². The molecule has 12 heteroatoms. The summed E-state index contributed by atoms with van der Waals surface area (Å²) < 4.78 is 51.8. The molecular weight excluding hydrogens is 481 g/mol. The Hall–Kier alpha value is -2.54. The predicted molar refractivity (Wildman–Crippen MR) is 128 cm³/mol. The van der Waals surface area contributed by atoms with E-state index < -0.39 is 18.5 Å². The van der Waals surface area contributed by atoms with Gasteiger partial charge in [-0.1, -0.05) is 12.1 Å². The Balaban J connectivity index is 1.53. The van der Waals surface area contributed by atoms with Crippen molar-refractivity contribution in [3.8, 4) is 10.6 Å². The molecule has 4 N–H and O–H groups in total. The van der Waals surface area contributed by atoms with Crippen LogP contribution < -0.4 is 16.4 Å². The molecule has 0 spiro atoms. The van der Waals surface area contributed by atoms with Crippen molar-refractivity contribution < 1.29 is 22.6 Å². The highest BCUT2D eigenvalue weighted by Crippen LogP contribution is 2.44. The van der Waals surface area contributed by atoms with Crippen LogP contribution in [0.25, 0.3) is 20.8 Å². The first-order chi connectivity index (χ1) is 16.5. The number of para-hydroxylation sites is 1. The van der Waals surface area contributed by atoms with Gasteiger partial charge in [-0.05, 0) is 45.9 Å². The van der Waals surface area contributed by atoms with Crippen LogP contribution in [-0.4, -0.2) is 58.3 Å². The van der Waals surface area contributed by atoms with Crippen molar-refractivity contribution in [1.29, 1.82) is 0 Å². The molecule has 1 aromatic carbocycles. The molecule has 35 heavy (non-hydrogen) atoms. The van der Waals surface area contributed by atoms with Crippen molar-refractivity contribution in [2.24, 2.45) is 11.7 Å². The van der Waals surface area contributed by atoms with Gasteiger partial charge in [-0.2, -0.15) is 18.2 Å². The zero-order valence-electron chi connectivity index (χ0n) is 19.5. The molecule has 188 valence electrons. The normalized spacial score (nSPS) is 25.7. The van der Waals surface area contributed by atoms with Crippen LogP contribution in [0.3, 0.4) is 0 Å². The number of nitrogens with two attached hydrogens (primary N) is 1. The van der Waals surface area contributed by atoms with Crippen molar-refractivity contribution in [1.82, 2.24) is 15.0 Å². The maximum atomic E-state index is 12.8. The SMILES string of the molecule is Cc1nc(NCC(F)(F)F)nc(N[C@@H]2C[C@H](CN)[C@H]3OC(C)(C)O[C@H]32)c1-c1nc2ccccc2s1. The number of rotatable bonds is 6. The molecule has 2 aromatic heterocycles. The Morgan fingerprint density at radius 2 is 1.89 bits per heavy atom. The van der Waals surface area contributed by atoms with Crippen LogP contribution in [0.1, 0.15) is 26.0 Å². The highest BCUT2D eigenvalue weighted by Gasteiger charge is 2.53. The average Bonchev–Trinajstić information content (AvgIpc) is 3.42. The molecule has 8 nitrogen and oxygen atoms in total. The quantitative estimate of drug-likeness (QED) is 0.452. The Bertz CT molecular complexity index is 1200. The number of fused-ring (bicyclic) bond motifs is 2. The van der Waals surface area contributed by atoms with Gasteiger partial charge in [0.2, 0.25) is 5.95 Å². The van der Waals surface area contributed by atoms with Crippen LogP contribution in [0.15, 0.2) is 24.3 Å². The topological polar surface area (TPSA) is 107 Å². The van der Waals surface area contributed by atoms with Crippen molar-refractivity contribution in [3.05, 3.63) is 30.0 Å². The first kappa shape index (κ1) is 24.2. The molecule has 0 amide bonds. The molecule has 3 aromatic rings. The number of alkyl halides is 3. The Labute approximate surface area is 204 Å². The van der Waals surface area contributed by atoms with E-state index in [0.717, 1.165) is 10.2 Å². The summed E-state index contributed by atoms with van der Waals surface area (Å²) in [4.78, 5) is 13.5. The second-order valence-corrected chi connectivity index (χ2v) is 10.4. The van der Waals surface area contributed by atoms with Gasteiger partial charge in [0.15, 0.2) is 5.79 Å². The van der Waals surface area contributed by atoms with Gasteiger partial charge in [0, 0.05) is 5.92 Å². The maximum Gasteiger partial charge on any atom is 0.405 e. The number of ether oxygens (including phenoxy) is 2. The van der Waals surface area contributed by atoms with Crippen LogP contribution in [0.4, 0.5) is 24.9 Å². The van der Waals surface area contributed by atoms with Crippen LogP contribution in [0.2, 0.25) is 0 Å². The third kappa shape index (κ3) is 4.92. The second-order valence-electron chi connectivity index (χ2n) is 9.36. The molecule has 3 heterocycles. The fourth-order valence-electron chi connectivity index (χ4n) is 4.81. The minimum absolute atomic E-state index is 0.0796. The molecule has 0 unspecified atom stereocenters. The monoisotopic (exact) mass is 508 g/mol. The minimum atomic E-state index is -4.40. The summed E-state index contributed by atoms with van der Waals surface area (Å²) >= 11 is 1.48. The van der Waals surface area contributed by atoms with Gasteiger partial charge in [-0.25, -0.2) is 9.97 Å². The number of halogens is 3. The van der Waals surface area contributed by atoms with Gasteiger partial charge < -0.3 is 25.8 Å². The van der Waals surface area contributed by atoms with E-state index in [2.05, 4.69) is 20.6 Å². The first-order valence-electron chi connectivity index (χ1n) is 11.4. The Kier molecular flexibility index (Phi) is 6.10. The molecule has 1 saturated carbocycles. The lowest BCUT2D eigenvalue weighted by Gasteiger charge is -2.25. The summed E-state index contributed by atoms with van der Waals surface area (Å²) in [6, 6.07) is 7.52. The van der Waals surface area contributed by atoms with Crippen molar-refractivity contribution in [3.63, 3.8) is 0 Å². The predicted octanol–water partition coefficient (Wildman–Crippen LogP) is 4.32. The largest absolute Gasteiger partial charge is 0.405 e. The van der Waals surface area contributed by atoms with E-state index in [1.807, 2.05) is 38.1 Å².